The molecule has 0 aliphatic carbocycles. The molecule has 2 atom stereocenters. The van der Waals surface area contributed by atoms with Gasteiger partial charge in [0.1, 0.15) is 5.82 Å². The highest BCUT2D eigenvalue weighted by atomic mass is 19.3. The SMILES string of the molecule is C[C@@H](Nc1cnnc2ccc(N3CCC4(CCCO4)C3)cc12)c1cccc(C(F)F)c1F. The average molecular weight is 442 g/mol. The minimum absolute atomic E-state index is 0.0334. The summed E-state index contributed by atoms with van der Waals surface area (Å²) >= 11 is 0. The van der Waals surface area contributed by atoms with E-state index in [0.717, 1.165) is 56.1 Å². The van der Waals surface area contributed by atoms with E-state index >= 15 is 0 Å². The minimum atomic E-state index is -2.86. The Labute approximate surface area is 184 Å². The van der Waals surface area contributed by atoms with Gasteiger partial charge in [0.25, 0.3) is 6.43 Å². The van der Waals surface area contributed by atoms with Crippen molar-refractivity contribution in [2.45, 2.75) is 44.3 Å². The van der Waals surface area contributed by atoms with Crippen LogP contribution in [-0.2, 0) is 4.74 Å². The largest absolute Gasteiger partial charge is 0.377 e. The molecule has 1 spiro atoms. The Morgan fingerprint density at radius 1 is 1.16 bits per heavy atom. The number of nitrogens with one attached hydrogen (secondary N) is 1. The molecule has 2 aromatic carbocycles. The molecule has 1 unspecified atom stereocenters. The van der Waals surface area contributed by atoms with E-state index in [9.17, 15) is 13.2 Å². The predicted molar refractivity (Wildman–Crippen MR) is 118 cm³/mol. The summed E-state index contributed by atoms with van der Waals surface area (Å²) in [5, 5.41) is 12.4. The van der Waals surface area contributed by atoms with Gasteiger partial charge < -0.3 is 15.0 Å². The van der Waals surface area contributed by atoms with Crippen molar-refractivity contribution in [2.75, 3.05) is 29.9 Å². The Balaban J connectivity index is 1.43. The predicted octanol–water partition coefficient (Wildman–Crippen LogP) is 5.64. The van der Waals surface area contributed by atoms with Crippen molar-refractivity contribution in [3.8, 4) is 0 Å². The smallest absolute Gasteiger partial charge is 0.266 e. The van der Waals surface area contributed by atoms with Gasteiger partial charge in [0.05, 0.1) is 34.6 Å². The van der Waals surface area contributed by atoms with Gasteiger partial charge in [-0.25, -0.2) is 13.2 Å². The Morgan fingerprint density at radius 2 is 2.00 bits per heavy atom. The van der Waals surface area contributed by atoms with E-state index in [2.05, 4.69) is 26.5 Å². The number of ether oxygens (including phenoxy) is 1. The Kier molecular flexibility index (Phi) is 5.41. The molecule has 2 aliphatic heterocycles. The van der Waals surface area contributed by atoms with Crippen LogP contribution in [0.15, 0.2) is 42.6 Å². The molecule has 5 rings (SSSR count). The van der Waals surface area contributed by atoms with Gasteiger partial charge in [-0.2, -0.15) is 10.2 Å². The summed E-state index contributed by atoms with van der Waals surface area (Å²) in [6.07, 6.45) is 1.94. The first-order valence-electron chi connectivity index (χ1n) is 10.9. The van der Waals surface area contributed by atoms with E-state index in [0.29, 0.717) is 11.2 Å². The second-order valence-corrected chi connectivity index (χ2v) is 8.68. The van der Waals surface area contributed by atoms with E-state index in [-0.39, 0.29) is 11.2 Å². The van der Waals surface area contributed by atoms with Crippen LogP contribution in [0.4, 0.5) is 24.5 Å². The van der Waals surface area contributed by atoms with E-state index < -0.39 is 23.8 Å². The van der Waals surface area contributed by atoms with Crippen LogP contribution in [0.5, 0.6) is 0 Å². The highest BCUT2D eigenvalue weighted by Crippen LogP contribution is 2.38. The lowest BCUT2D eigenvalue weighted by Gasteiger charge is -2.24. The standard InChI is InChI=1S/C24H25F3N4O/c1-15(17-4-2-5-18(22(17)25)23(26)27)29-21-13-28-30-20-7-6-16(12-19(20)21)31-10-9-24(14-31)8-3-11-32-24/h2,4-7,12-13,15,23H,3,8-11,14H2,1H3,(H,29,30)/t15-,24?/m1/s1. The number of hydrogen-bond acceptors (Lipinski definition) is 5. The molecule has 2 aliphatic rings. The molecule has 5 nitrogen and oxygen atoms in total. The number of benzene rings is 2. The van der Waals surface area contributed by atoms with Gasteiger partial charge in [-0.05, 0) is 44.4 Å². The molecule has 168 valence electrons. The summed E-state index contributed by atoms with van der Waals surface area (Å²) in [5.41, 5.74) is 2.02. The molecule has 0 radical (unpaired) electrons. The summed E-state index contributed by atoms with van der Waals surface area (Å²) in [6.45, 7) is 4.36. The molecule has 3 aromatic rings. The van der Waals surface area contributed by atoms with E-state index in [4.69, 9.17) is 4.74 Å². The Morgan fingerprint density at radius 3 is 2.78 bits per heavy atom. The van der Waals surface area contributed by atoms with Crippen molar-refractivity contribution in [2.24, 2.45) is 0 Å². The second kappa shape index (κ2) is 8.24. The summed E-state index contributed by atoms with van der Waals surface area (Å²) in [7, 11) is 0. The molecule has 3 heterocycles. The number of anilines is 2. The summed E-state index contributed by atoms with van der Waals surface area (Å²) in [5.74, 6) is -0.881. The zero-order chi connectivity index (χ0) is 22.3. The highest BCUT2D eigenvalue weighted by molar-refractivity contribution is 5.93. The molecule has 8 heteroatoms. The molecule has 1 aromatic heterocycles. The van der Waals surface area contributed by atoms with Crippen LogP contribution in [0, 0.1) is 5.82 Å². The fourth-order valence-corrected chi connectivity index (χ4v) is 4.88. The minimum Gasteiger partial charge on any atom is -0.377 e. The number of aromatic nitrogens is 2. The topological polar surface area (TPSA) is 50.3 Å². The van der Waals surface area contributed by atoms with Crippen LogP contribution >= 0.6 is 0 Å². The maximum absolute atomic E-state index is 14.6. The van der Waals surface area contributed by atoms with Crippen LogP contribution in [0.25, 0.3) is 10.9 Å². The van der Waals surface area contributed by atoms with E-state index in [1.54, 1.807) is 13.1 Å². The van der Waals surface area contributed by atoms with Crippen LogP contribution in [-0.4, -0.2) is 35.5 Å². The first kappa shape index (κ1) is 21.0. The van der Waals surface area contributed by atoms with Gasteiger partial charge in [-0.3, -0.25) is 0 Å². The van der Waals surface area contributed by atoms with Gasteiger partial charge in [-0.1, -0.05) is 18.2 Å². The van der Waals surface area contributed by atoms with E-state index in [1.165, 1.54) is 12.1 Å². The normalized spacial score (nSPS) is 21.7. The van der Waals surface area contributed by atoms with Crippen molar-refractivity contribution in [3.63, 3.8) is 0 Å². The average Bonchev–Trinajstić information content (AvgIpc) is 3.43. The maximum atomic E-state index is 14.6. The van der Waals surface area contributed by atoms with E-state index in [1.807, 2.05) is 12.1 Å². The van der Waals surface area contributed by atoms with Gasteiger partial charge >= 0.3 is 0 Å². The number of halogens is 3. The van der Waals surface area contributed by atoms with Gasteiger partial charge in [0.15, 0.2) is 0 Å². The lowest BCUT2D eigenvalue weighted by atomic mass is 10.00. The molecular formula is C24H25F3N4O. The van der Waals surface area contributed by atoms with Gasteiger partial charge in [0, 0.05) is 36.3 Å². The second-order valence-electron chi connectivity index (χ2n) is 8.68. The number of fused-ring (bicyclic) bond motifs is 1. The number of hydrogen-bond donors (Lipinski definition) is 1. The fourth-order valence-electron chi connectivity index (χ4n) is 4.88. The molecule has 2 saturated heterocycles. The quantitative estimate of drug-likeness (QED) is 0.554. The fraction of sp³-hybridized carbons (Fsp3) is 0.417. The number of alkyl halides is 2. The molecular weight excluding hydrogens is 417 g/mol. The molecule has 1 N–H and O–H groups in total. The maximum Gasteiger partial charge on any atom is 0.266 e. The molecule has 2 fully saturated rings. The lowest BCUT2D eigenvalue weighted by Crippen LogP contribution is -2.32. The van der Waals surface area contributed by atoms with Gasteiger partial charge in [0.2, 0.25) is 0 Å². The molecule has 0 amide bonds. The highest BCUT2D eigenvalue weighted by Gasteiger charge is 2.41. The third-order valence-corrected chi connectivity index (χ3v) is 6.62. The first-order valence-corrected chi connectivity index (χ1v) is 10.9. The summed E-state index contributed by atoms with van der Waals surface area (Å²) in [6, 6.07) is 9.56. The monoisotopic (exact) mass is 442 g/mol. The molecule has 0 bridgehead atoms. The van der Waals surface area contributed by atoms with Crippen LogP contribution < -0.4 is 10.2 Å². The van der Waals surface area contributed by atoms with Crippen LogP contribution in [0.2, 0.25) is 0 Å². The van der Waals surface area contributed by atoms with Gasteiger partial charge in [-0.15, -0.1) is 0 Å². The van der Waals surface area contributed by atoms with Crippen LogP contribution in [0.3, 0.4) is 0 Å². The zero-order valence-electron chi connectivity index (χ0n) is 17.8. The zero-order valence-corrected chi connectivity index (χ0v) is 17.8. The Bertz CT molecular complexity index is 1130. The number of nitrogens with zero attached hydrogens (tertiary/aromatic N) is 3. The van der Waals surface area contributed by atoms with Crippen molar-refractivity contribution in [1.82, 2.24) is 10.2 Å². The van der Waals surface area contributed by atoms with Crippen molar-refractivity contribution < 1.29 is 17.9 Å². The van der Waals surface area contributed by atoms with Crippen LogP contribution in [0.1, 0.15) is 49.8 Å². The summed E-state index contributed by atoms with van der Waals surface area (Å²) in [4.78, 5) is 2.32. The summed E-state index contributed by atoms with van der Waals surface area (Å²) < 4.78 is 46.9. The molecule has 32 heavy (non-hydrogen) atoms. The Hall–Kier alpha value is -2.87. The van der Waals surface area contributed by atoms with Crippen molar-refractivity contribution >= 4 is 22.3 Å². The van der Waals surface area contributed by atoms with Crippen molar-refractivity contribution in [3.05, 3.63) is 59.5 Å². The van der Waals surface area contributed by atoms with Crippen molar-refractivity contribution in [1.29, 1.82) is 0 Å². The lowest BCUT2D eigenvalue weighted by molar-refractivity contribution is 0.0231. The number of rotatable bonds is 5. The third-order valence-electron chi connectivity index (χ3n) is 6.62. The molecule has 0 saturated carbocycles. The first-order chi connectivity index (χ1) is 15.5. The third kappa shape index (κ3) is 3.77.